The number of nitrogens with zero attached hydrogens (tertiary/aromatic N) is 5. The number of fused-ring (bicyclic) bond motifs is 1. The minimum atomic E-state index is -0.796. The van der Waals surface area contributed by atoms with Crippen molar-refractivity contribution in [1.82, 2.24) is 19.9 Å². The number of nitrogens with two attached hydrogens (primary N) is 2. The molecule has 262 valence electrons. The SMILES string of the molecule is COc1cc(C2=CN(C)C(=C=O)C(C(=O)Nc3cccc(Sc4ncc(N5CCC6(CC5)Cc5ncsc5[C@H]6N)nc4N)c3Cl)=C2O)ccc1O. The smallest absolute Gasteiger partial charge is 0.262 e. The van der Waals surface area contributed by atoms with E-state index >= 15 is 0 Å². The topological polar surface area (TPSA) is 193 Å². The number of hydrogen-bond acceptors (Lipinski definition) is 14. The van der Waals surface area contributed by atoms with Gasteiger partial charge in [-0.25, -0.2) is 19.7 Å². The summed E-state index contributed by atoms with van der Waals surface area (Å²) < 4.78 is 5.19. The van der Waals surface area contributed by atoms with E-state index < -0.39 is 11.7 Å². The number of piperidine rings is 1. The molecule has 51 heavy (non-hydrogen) atoms. The number of phenols is 1. The number of nitrogen functional groups attached to an aromatic ring is 1. The number of ether oxygens (including phenoxy) is 1. The van der Waals surface area contributed by atoms with Crippen molar-refractivity contribution < 1.29 is 24.5 Å². The number of aliphatic hydroxyl groups excluding tert-OH is 1. The van der Waals surface area contributed by atoms with Gasteiger partial charge in [-0.2, -0.15) is 0 Å². The van der Waals surface area contributed by atoms with Crippen molar-refractivity contribution in [3.8, 4) is 11.5 Å². The molecular formula is C35H33ClN8O5S2. The molecule has 7 N–H and O–H groups in total. The van der Waals surface area contributed by atoms with Gasteiger partial charge in [-0.15, -0.1) is 11.3 Å². The van der Waals surface area contributed by atoms with Crippen molar-refractivity contribution in [3.63, 3.8) is 0 Å². The van der Waals surface area contributed by atoms with Gasteiger partial charge in [0.25, 0.3) is 5.91 Å². The van der Waals surface area contributed by atoms with Crippen LogP contribution in [0.4, 0.5) is 17.3 Å². The van der Waals surface area contributed by atoms with E-state index in [1.54, 1.807) is 54.8 Å². The second-order valence-corrected chi connectivity index (χ2v) is 14.8. The molecule has 0 bridgehead atoms. The maximum absolute atomic E-state index is 13.7. The molecule has 1 fully saturated rings. The quantitative estimate of drug-likeness (QED) is 0.153. The largest absolute Gasteiger partial charge is 0.506 e. The second kappa shape index (κ2) is 13.6. The van der Waals surface area contributed by atoms with E-state index in [2.05, 4.69) is 25.2 Å². The molecule has 1 spiro atoms. The first-order valence-electron chi connectivity index (χ1n) is 15.9. The van der Waals surface area contributed by atoms with Gasteiger partial charge >= 0.3 is 0 Å². The summed E-state index contributed by atoms with van der Waals surface area (Å²) in [5.41, 5.74) is 16.5. The van der Waals surface area contributed by atoms with Crippen LogP contribution in [-0.2, 0) is 16.0 Å². The third-order valence-electron chi connectivity index (χ3n) is 9.61. The molecule has 13 nitrogen and oxygen atoms in total. The Hall–Kier alpha value is -5.05. The molecule has 2 aliphatic heterocycles. The van der Waals surface area contributed by atoms with E-state index in [0.29, 0.717) is 21.3 Å². The zero-order valence-corrected chi connectivity index (χ0v) is 29.9. The number of thiazole rings is 1. The van der Waals surface area contributed by atoms with E-state index in [1.807, 2.05) is 5.51 Å². The first kappa shape index (κ1) is 34.4. The summed E-state index contributed by atoms with van der Waals surface area (Å²) in [5.74, 6) is 1.46. The van der Waals surface area contributed by atoms with Gasteiger partial charge in [0.2, 0.25) is 0 Å². The predicted molar refractivity (Wildman–Crippen MR) is 197 cm³/mol. The van der Waals surface area contributed by atoms with Crippen LogP contribution in [0.15, 0.2) is 81.3 Å². The van der Waals surface area contributed by atoms with E-state index in [0.717, 1.165) is 38.0 Å². The van der Waals surface area contributed by atoms with Crippen molar-refractivity contribution in [2.24, 2.45) is 11.1 Å². The van der Waals surface area contributed by atoms with E-state index in [9.17, 15) is 19.8 Å². The molecule has 1 amide bonds. The Bertz CT molecular complexity index is 2170. The van der Waals surface area contributed by atoms with Gasteiger partial charge in [-0.3, -0.25) is 4.79 Å². The Labute approximate surface area is 306 Å². The van der Waals surface area contributed by atoms with E-state index in [-0.39, 0.29) is 56.3 Å². The third kappa shape index (κ3) is 6.17. The molecular weight excluding hydrogens is 712 g/mol. The number of hydrogen-bond donors (Lipinski definition) is 5. The van der Waals surface area contributed by atoms with Crippen LogP contribution in [0.25, 0.3) is 5.57 Å². The lowest BCUT2D eigenvalue weighted by Crippen LogP contribution is -2.44. The van der Waals surface area contributed by atoms with Crippen LogP contribution in [-0.4, -0.2) is 69.2 Å². The average Bonchev–Trinajstić information content (AvgIpc) is 3.68. The van der Waals surface area contributed by atoms with Crippen LogP contribution >= 0.6 is 34.7 Å². The number of aliphatic hydroxyl groups is 1. The van der Waals surface area contributed by atoms with Crippen LogP contribution < -0.4 is 26.4 Å². The average molecular weight is 745 g/mol. The number of aromatic hydroxyl groups is 1. The molecule has 2 aromatic heterocycles. The minimum absolute atomic E-state index is 0.00163. The fraction of sp³-hybridized carbons (Fsp3) is 0.257. The molecule has 1 aliphatic carbocycles. The Balaban J connectivity index is 1.07. The molecule has 0 radical (unpaired) electrons. The number of nitrogens with one attached hydrogen (secondary N) is 1. The Morgan fingerprint density at radius 1 is 1.22 bits per heavy atom. The molecule has 0 saturated carbocycles. The number of anilines is 3. The molecule has 2 aromatic carbocycles. The molecule has 1 atom stereocenters. The summed E-state index contributed by atoms with van der Waals surface area (Å²) in [6, 6.07) is 9.48. The van der Waals surface area contributed by atoms with Crippen molar-refractivity contribution in [2.45, 2.75) is 35.2 Å². The van der Waals surface area contributed by atoms with Gasteiger partial charge in [0, 0.05) is 47.7 Å². The maximum Gasteiger partial charge on any atom is 0.262 e. The number of aromatic nitrogens is 3. The van der Waals surface area contributed by atoms with Crippen LogP contribution in [0.1, 0.15) is 35.0 Å². The fourth-order valence-electron chi connectivity index (χ4n) is 6.78. The number of phenolic OH excluding ortho intramolecular Hbond substituents is 1. The zero-order chi connectivity index (χ0) is 36.0. The number of carbonyl (C=O) groups excluding carboxylic acids is 2. The van der Waals surface area contributed by atoms with Crippen LogP contribution in [0.3, 0.4) is 0 Å². The Kier molecular flexibility index (Phi) is 9.16. The molecule has 4 heterocycles. The summed E-state index contributed by atoms with van der Waals surface area (Å²) in [4.78, 5) is 44.7. The number of amides is 1. The van der Waals surface area contributed by atoms with Crippen molar-refractivity contribution in [2.75, 3.05) is 43.2 Å². The first-order chi connectivity index (χ1) is 24.5. The van der Waals surface area contributed by atoms with Gasteiger partial charge in [0.1, 0.15) is 27.9 Å². The molecule has 4 aromatic rings. The van der Waals surface area contributed by atoms with Gasteiger partial charge in [0.05, 0.1) is 35.2 Å². The van der Waals surface area contributed by atoms with Crippen LogP contribution in [0.5, 0.6) is 11.5 Å². The molecule has 7 rings (SSSR count). The summed E-state index contributed by atoms with van der Waals surface area (Å²) in [6.07, 6.45) is 5.91. The lowest BCUT2D eigenvalue weighted by molar-refractivity contribution is -0.112. The maximum atomic E-state index is 13.7. The Morgan fingerprint density at radius 3 is 2.71 bits per heavy atom. The van der Waals surface area contributed by atoms with Gasteiger partial charge in [-0.1, -0.05) is 35.5 Å². The number of benzene rings is 2. The first-order valence-corrected chi connectivity index (χ1v) is 17.9. The predicted octanol–water partition coefficient (Wildman–Crippen LogP) is 5.33. The second-order valence-electron chi connectivity index (χ2n) is 12.5. The highest BCUT2D eigenvalue weighted by molar-refractivity contribution is 7.99. The van der Waals surface area contributed by atoms with Crippen molar-refractivity contribution >= 4 is 69.4 Å². The van der Waals surface area contributed by atoms with Crippen molar-refractivity contribution in [1.29, 1.82) is 0 Å². The zero-order valence-electron chi connectivity index (χ0n) is 27.5. The number of likely N-dealkylation sites (N-methyl/N-ethyl adjacent to an activating group) is 1. The van der Waals surface area contributed by atoms with Gasteiger partial charge in [-0.05, 0) is 54.5 Å². The lowest BCUT2D eigenvalue weighted by Gasteiger charge is -2.42. The van der Waals surface area contributed by atoms with Gasteiger partial charge < -0.3 is 41.5 Å². The number of halogens is 1. The number of rotatable bonds is 7. The van der Waals surface area contributed by atoms with Crippen LogP contribution in [0, 0.1) is 5.41 Å². The lowest BCUT2D eigenvalue weighted by atomic mass is 9.74. The highest BCUT2D eigenvalue weighted by Gasteiger charge is 2.47. The molecule has 1 saturated heterocycles. The van der Waals surface area contributed by atoms with Crippen LogP contribution in [0.2, 0.25) is 5.02 Å². The fourth-order valence-corrected chi connectivity index (χ4v) is 8.83. The monoisotopic (exact) mass is 744 g/mol. The number of methoxy groups -OCH3 is 1. The summed E-state index contributed by atoms with van der Waals surface area (Å²) in [5, 5.41) is 24.7. The van der Waals surface area contributed by atoms with E-state index in [1.165, 1.54) is 47.0 Å². The minimum Gasteiger partial charge on any atom is -0.506 e. The number of carbonyl (C=O) groups is 1. The highest BCUT2D eigenvalue weighted by Crippen LogP contribution is 2.52. The molecule has 0 unspecified atom stereocenters. The van der Waals surface area contributed by atoms with Gasteiger partial charge in [0.15, 0.2) is 23.3 Å². The highest BCUT2D eigenvalue weighted by atomic mass is 35.5. The standard InChI is InChI=1S/C35H33ClN8O5S2/c1-43-15-19(18-6-7-23(46)24(12-18)49-2)29(47)27(22(43)16-45)33(48)41-20-4-3-5-25(28(20)36)51-34-32(38)42-26(14-39-34)44-10-8-35(9-11-44)13-21-30(31(35)37)50-17-40-21/h3-7,12,14-15,17,31,46-47H,8-11,13,37H2,1-2H3,(H2,38,42)(H,41,48)/t31-/m1/s1. The third-order valence-corrected chi connectivity index (χ3v) is 12.1. The summed E-state index contributed by atoms with van der Waals surface area (Å²) in [7, 11) is 2.94. The van der Waals surface area contributed by atoms with Crippen molar-refractivity contribution in [3.05, 3.63) is 92.5 Å². The number of allylic oxidation sites excluding steroid dienone is 1. The normalized spacial score (nSPS) is 18.1. The Morgan fingerprint density at radius 2 is 2.00 bits per heavy atom. The van der Waals surface area contributed by atoms with E-state index in [4.69, 9.17) is 27.8 Å². The summed E-state index contributed by atoms with van der Waals surface area (Å²) in [6.45, 7) is 1.56. The molecule has 3 aliphatic rings. The summed E-state index contributed by atoms with van der Waals surface area (Å²) >= 11 is 9.61. The molecule has 16 heteroatoms.